The molecule has 0 radical (unpaired) electrons. The zero-order valence-corrected chi connectivity index (χ0v) is 12.6. The van der Waals surface area contributed by atoms with Crippen molar-refractivity contribution in [3.05, 3.63) is 29.3 Å². The summed E-state index contributed by atoms with van der Waals surface area (Å²) in [6.45, 7) is 4.02. The molecule has 6 heteroatoms. The third-order valence-corrected chi connectivity index (χ3v) is 4.73. The van der Waals surface area contributed by atoms with Crippen molar-refractivity contribution in [2.45, 2.75) is 31.6 Å². The zero-order valence-electron chi connectivity index (χ0n) is 11.8. The smallest absolute Gasteiger partial charge is 0.240 e. The van der Waals surface area contributed by atoms with Gasteiger partial charge in [0.25, 0.3) is 0 Å². The van der Waals surface area contributed by atoms with E-state index in [9.17, 15) is 8.42 Å². The van der Waals surface area contributed by atoms with E-state index < -0.39 is 10.0 Å². The number of aliphatic hydroxyl groups excluding tert-OH is 1. The molecule has 0 saturated carbocycles. The lowest BCUT2D eigenvalue weighted by Gasteiger charge is -2.14. The second-order valence-corrected chi connectivity index (χ2v) is 6.49. The number of hydrogen-bond donors (Lipinski definition) is 2. The zero-order chi connectivity index (χ0) is 15.2. The molecule has 1 aromatic rings. The average molecular weight is 296 g/mol. The van der Waals surface area contributed by atoms with Crippen molar-refractivity contribution in [3.63, 3.8) is 0 Å². The van der Waals surface area contributed by atoms with Gasteiger partial charge in [0.2, 0.25) is 10.0 Å². The number of nitrogens with one attached hydrogen (secondary N) is 1. The lowest BCUT2D eigenvalue weighted by atomic mass is 10.0. The quantitative estimate of drug-likeness (QED) is 0.799. The highest BCUT2D eigenvalue weighted by Crippen LogP contribution is 2.15. The maximum Gasteiger partial charge on any atom is 0.240 e. The molecule has 0 saturated heterocycles. The minimum atomic E-state index is -3.57. The minimum Gasteiger partial charge on any atom is -0.396 e. The number of rotatable bonds is 7. The molecule has 0 amide bonds. The molecule has 1 unspecified atom stereocenters. The number of benzene rings is 1. The third kappa shape index (κ3) is 4.30. The molecule has 2 N–H and O–H groups in total. The number of nitrogens with zero attached hydrogens (tertiary/aromatic N) is 1. The van der Waals surface area contributed by atoms with E-state index >= 15 is 0 Å². The van der Waals surface area contributed by atoms with E-state index in [-0.39, 0.29) is 17.4 Å². The first-order valence-corrected chi connectivity index (χ1v) is 8.04. The van der Waals surface area contributed by atoms with Gasteiger partial charge >= 0.3 is 0 Å². The first kappa shape index (κ1) is 16.6. The Bertz CT molecular complexity index is 591. The molecule has 20 heavy (non-hydrogen) atoms. The summed E-state index contributed by atoms with van der Waals surface area (Å²) in [5.41, 5.74) is 1.11. The van der Waals surface area contributed by atoms with E-state index in [2.05, 4.69) is 4.72 Å². The van der Waals surface area contributed by atoms with Crippen molar-refractivity contribution >= 4 is 10.0 Å². The van der Waals surface area contributed by atoms with Crippen molar-refractivity contribution in [2.24, 2.45) is 5.92 Å². The highest BCUT2D eigenvalue weighted by atomic mass is 32.2. The number of aryl methyl sites for hydroxylation is 1. The second kappa shape index (κ2) is 7.39. The highest BCUT2D eigenvalue weighted by Gasteiger charge is 2.17. The van der Waals surface area contributed by atoms with Crippen LogP contribution in [0.4, 0.5) is 0 Å². The van der Waals surface area contributed by atoms with Crippen LogP contribution in [0.3, 0.4) is 0 Å². The normalized spacial score (nSPS) is 12.9. The molecular weight excluding hydrogens is 276 g/mol. The van der Waals surface area contributed by atoms with Gasteiger partial charge < -0.3 is 5.11 Å². The van der Waals surface area contributed by atoms with Crippen molar-refractivity contribution in [2.75, 3.05) is 13.2 Å². The van der Waals surface area contributed by atoms with Gasteiger partial charge in [-0.2, -0.15) is 5.26 Å². The monoisotopic (exact) mass is 296 g/mol. The standard InChI is InChI=1S/C14H20N2O3S/c1-3-12(6-7-17)10-16-20(18,19)14-5-4-13(9-15)11(2)8-14/h4-5,8,12,16-17H,3,6-7,10H2,1-2H3. The largest absolute Gasteiger partial charge is 0.396 e. The maximum absolute atomic E-state index is 12.2. The van der Waals surface area contributed by atoms with Crippen LogP contribution < -0.4 is 4.72 Å². The molecule has 0 bridgehead atoms. The molecule has 0 aliphatic rings. The molecule has 0 aromatic heterocycles. The Labute approximate surface area is 120 Å². The van der Waals surface area contributed by atoms with Crippen molar-refractivity contribution in [3.8, 4) is 6.07 Å². The summed E-state index contributed by atoms with van der Waals surface area (Å²) in [5, 5.41) is 17.7. The van der Waals surface area contributed by atoms with Crippen LogP contribution in [0.1, 0.15) is 30.9 Å². The van der Waals surface area contributed by atoms with Crippen LogP contribution in [0, 0.1) is 24.2 Å². The van der Waals surface area contributed by atoms with E-state index in [0.29, 0.717) is 24.1 Å². The van der Waals surface area contributed by atoms with Gasteiger partial charge in [-0.15, -0.1) is 0 Å². The summed E-state index contributed by atoms with van der Waals surface area (Å²) in [6, 6.07) is 6.44. The summed E-state index contributed by atoms with van der Waals surface area (Å²) < 4.78 is 26.9. The fourth-order valence-corrected chi connectivity index (χ4v) is 3.07. The molecule has 0 aliphatic carbocycles. The summed E-state index contributed by atoms with van der Waals surface area (Å²) in [6.07, 6.45) is 1.38. The van der Waals surface area contributed by atoms with Gasteiger partial charge in [0.1, 0.15) is 0 Å². The molecule has 110 valence electrons. The Hall–Kier alpha value is -1.42. The fraction of sp³-hybridized carbons (Fsp3) is 0.500. The predicted octanol–water partition coefficient (Wildman–Crippen LogP) is 1.55. The number of aliphatic hydroxyl groups is 1. The molecule has 1 rings (SSSR count). The van der Waals surface area contributed by atoms with Gasteiger partial charge in [-0.05, 0) is 43.0 Å². The highest BCUT2D eigenvalue weighted by molar-refractivity contribution is 7.89. The number of hydrogen-bond acceptors (Lipinski definition) is 4. The SMILES string of the molecule is CCC(CCO)CNS(=O)(=O)c1ccc(C#N)c(C)c1. The van der Waals surface area contributed by atoms with Crippen LogP contribution in [-0.4, -0.2) is 26.7 Å². The van der Waals surface area contributed by atoms with Crippen LogP contribution in [0.5, 0.6) is 0 Å². The van der Waals surface area contributed by atoms with Gasteiger partial charge in [0.15, 0.2) is 0 Å². The van der Waals surface area contributed by atoms with Crippen molar-refractivity contribution in [1.29, 1.82) is 5.26 Å². The first-order valence-electron chi connectivity index (χ1n) is 6.55. The molecule has 0 fully saturated rings. The van der Waals surface area contributed by atoms with Gasteiger partial charge in [0.05, 0.1) is 16.5 Å². The van der Waals surface area contributed by atoms with Crippen LogP contribution in [0.2, 0.25) is 0 Å². The summed E-state index contributed by atoms with van der Waals surface area (Å²) in [4.78, 5) is 0.160. The third-order valence-electron chi connectivity index (χ3n) is 3.31. The van der Waals surface area contributed by atoms with Gasteiger partial charge in [-0.3, -0.25) is 0 Å². The molecule has 1 aromatic carbocycles. The lowest BCUT2D eigenvalue weighted by molar-refractivity contribution is 0.254. The van der Waals surface area contributed by atoms with E-state index in [1.165, 1.54) is 18.2 Å². The van der Waals surface area contributed by atoms with E-state index in [0.717, 1.165) is 6.42 Å². The molecule has 0 aliphatic heterocycles. The van der Waals surface area contributed by atoms with Crippen LogP contribution >= 0.6 is 0 Å². The molecule has 0 heterocycles. The Morgan fingerprint density at radius 1 is 1.45 bits per heavy atom. The topological polar surface area (TPSA) is 90.2 Å². The minimum absolute atomic E-state index is 0.0518. The van der Waals surface area contributed by atoms with Crippen LogP contribution in [0.15, 0.2) is 23.1 Å². The van der Waals surface area contributed by atoms with E-state index in [1.54, 1.807) is 6.92 Å². The predicted molar refractivity (Wildman–Crippen MR) is 76.6 cm³/mol. The Morgan fingerprint density at radius 3 is 2.65 bits per heavy atom. The first-order chi connectivity index (χ1) is 9.44. The second-order valence-electron chi connectivity index (χ2n) is 4.73. The van der Waals surface area contributed by atoms with Gasteiger partial charge in [-0.1, -0.05) is 13.3 Å². The summed E-state index contributed by atoms with van der Waals surface area (Å²) >= 11 is 0. The number of nitriles is 1. The Kier molecular flexibility index (Phi) is 6.14. The maximum atomic E-state index is 12.2. The summed E-state index contributed by atoms with van der Waals surface area (Å²) in [5.74, 6) is 0.120. The Balaban J connectivity index is 2.84. The van der Waals surface area contributed by atoms with Crippen LogP contribution in [0.25, 0.3) is 0 Å². The lowest BCUT2D eigenvalue weighted by Crippen LogP contribution is -2.29. The van der Waals surface area contributed by atoms with Gasteiger partial charge in [0, 0.05) is 13.2 Å². The fourth-order valence-electron chi connectivity index (χ4n) is 1.87. The molecule has 5 nitrogen and oxygen atoms in total. The van der Waals surface area contributed by atoms with Gasteiger partial charge in [-0.25, -0.2) is 13.1 Å². The molecule has 1 atom stereocenters. The van der Waals surface area contributed by atoms with Crippen molar-refractivity contribution < 1.29 is 13.5 Å². The molecular formula is C14H20N2O3S. The Morgan fingerprint density at radius 2 is 2.15 bits per heavy atom. The van der Waals surface area contributed by atoms with E-state index in [4.69, 9.17) is 10.4 Å². The average Bonchev–Trinajstić information content (AvgIpc) is 2.43. The number of sulfonamides is 1. The van der Waals surface area contributed by atoms with E-state index in [1.807, 2.05) is 13.0 Å². The molecule has 0 spiro atoms. The van der Waals surface area contributed by atoms with Crippen LogP contribution in [-0.2, 0) is 10.0 Å². The van der Waals surface area contributed by atoms with Crippen molar-refractivity contribution in [1.82, 2.24) is 4.72 Å². The summed E-state index contributed by atoms with van der Waals surface area (Å²) in [7, 11) is -3.57.